The summed E-state index contributed by atoms with van der Waals surface area (Å²) in [6.07, 6.45) is 2.67. The van der Waals surface area contributed by atoms with Crippen LogP contribution in [0.3, 0.4) is 0 Å². The molecule has 1 saturated heterocycles. The number of hydrogen-bond donors (Lipinski definition) is 1. The van der Waals surface area contributed by atoms with E-state index in [0.29, 0.717) is 6.04 Å². The van der Waals surface area contributed by atoms with Crippen LogP contribution in [0.1, 0.15) is 38.3 Å². The Morgan fingerprint density at radius 2 is 1.95 bits per heavy atom. The number of fused-ring (bicyclic) bond motifs is 1. The topological polar surface area (TPSA) is 15.3 Å². The lowest BCUT2D eigenvalue weighted by atomic mass is 9.86. The Kier molecular flexibility index (Phi) is 3.85. The first-order valence-electron chi connectivity index (χ1n) is 7.53. The molecule has 0 amide bonds. The number of likely N-dealkylation sites (tertiary alicyclic amines) is 1. The van der Waals surface area contributed by atoms with Crippen LogP contribution in [0.2, 0.25) is 0 Å². The zero-order valence-electron chi connectivity index (χ0n) is 12.6. The van der Waals surface area contributed by atoms with Crippen LogP contribution in [0.4, 0.5) is 0 Å². The lowest BCUT2D eigenvalue weighted by molar-refractivity contribution is 0.111. The molecular weight excluding hydrogens is 264 g/mol. The molecule has 3 rings (SSSR count). The molecule has 1 aliphatic heterocycles. The number of likely N-dealkylation sites (N-methyl/N-ethyl adjacent to an activating group) is 1. The predicted octanol–water partition coefficient (Wildman–Crippen LogP) is 4.04. The van der Waals surface area contributed by atoms with Crippen LogP contribution in [0, 0.1) is 0 Å². The second-order valence-corrected chi connectivity index (χ2v) is 7.17. The largest absolute Gasteiger partial charge is 0.311 e. The molecule has 1 aromatic heterocycles. The average molecular weight is 288 g/mol. The Morgan fingerprint density at radius 1 is 1.20 bits per heavy atom. The third kappa shape index (κ3) is 2.28. The number of nitrogens with one attached hydrogen (secondary N) is 1. The molecule has 0 saturated carbocycles. The average Bonchev–Trinajstić information content (AvgIpc) is 3.11. The molecular formula is C17H24N2S. The molecule has 2 nitrogen and oxygen atoms in total. The maximum Gasteiger partial charge on any atom is 0.0513 e. The Balaban J connectivity index is 2.02. The second kappa shape index (κ2) is 5.47. The summed E-state index contributed by atoms with van der Waals surface area (Å²) in [7, 11) is 2.09. The van der Waals surface area contributed by atoms with E-state index in [1.54, 1.807) is 0 Å². The van der Waals surface area contributed by atoms with Crippen molar-refractivity contribution in [2.24, 2.45) is 0 Å². The SMILES string of the molecule is CNC(c1cccc2ccsc12)C(C)(C)N1CCCC1. The lowest BCUT2D eigenvalue weighted by Gasteiger charge is -2.42. The molecule has 108 valence electrons. The number of hydrogen-bond acceptors (Lipinski definition) is 3. The van der Waals surface area contributed by atoms with Crippen LogP contribution in [0.25, 0.3) is 10.1 Å². The van der Waals surface area contributed by atoms with Gasteiger partial charge in [-0.2, -0.15) is 0 Å². The molecule has 1 N–H and O–H groups in total. The van der Waals surface area contributed by atoms with Crippen LogP contribution in [0.5, 0.6) is 0 Å². The smallest absolute Gasteiger partial charge is 0.0513 e. The van der Waals surface area contributed by atoms with Gasteiger partial charge in [-0.3, -0.25) is 4.90 Å². The second-order valence-electron chi connectivity index (χ2n) is 6.26. The van der Waals surface area contributed by atoms with E-state index in [4.69, 9.17) is 0 Å². The third-order valence-electron chi connectivity index (χ3n) is 4.74. The molecule has 0 radical (unpaired) electrons. The molecule has 2 heterocycles. The molecule has 3 heteroatoms. The van der Waals surface area contributed by atoms with Gasteiger partial charge in [-0.1, -0.05) is 18.2 Å². The summed E-state index contributed by atoms with van der Waals surface area (Å²) >= 11 is 1.86. The first-order chi connectivity index (χ1) is 9.64. The van der Waals surface area contributed by atoms with E-state index in [0.717, 1.165) is 0 Å². The van der Waals surface area contributed by atoms with Gasteiger partial charge in [-0.15, -0.1) is 11.3 Å². The van der Waals surface area contributed by atoms with Crippen LogP contribution in [0.15, 0.2) is 29.6 Å². The van der Waals surface area contributed by atoms with Crippen LogP contribution in [-0.4, -0.2) is 30.6 Å². The van der Waals surface area contributed by atoms with E-state index >= 15 is 0 Å². The Labute approximate surface area is 125 Å². The van der Waals surface area contributed by atoms with Gasteiger partial charge in [-0.25, -0.2) is 0 Å². The summed E-state index contributed by atoms with van der Waals surface area (Å²) in [6.45, 7) is 7.22. The Bertz CT molecular complexity index is 581. The summed E-state index contributed by atoms with van der Waals surface area (Å²) in [5.41, 5.74) is 1.58. The van der Waals surface area contributed by atoms with Gasteiger partial charge in [0.1, 0.15) is 0 Å². The van der Waals surface area contributed by atoms with Gasteiger partial charge < -0.3 is 5.32 Å². The molecule has 2 aromatic rings. The Morgan fingerprint density at radius 3 is 2.65 bits per heavy atom. The number of thiophene rings is 1. The number of benzene rings is 1. The van der Waals surface area contributed by atoms with E-state index in [9.17, 15) is 0 Å². The summed E-state index contributed by atoms with van der Waals surface area (Å²) in [5.74, 6) is 0. The van der Waals surface area contributed by atoms with Crippen molar-refractivity contribution in [2.45, 2.75) is 38.3 Å². The summed E-state index contributed by atoms with van der Waals surface area (Å²) in [4.78, 5) is 2.64. The van der Waals surface area contributed by atoms with E-state index in [-0.39, 0.29) is 5.54 Å². The zero-order valence-corrected chi connectivity index (χ0v) is 13.5. The molecule has 1 aliphatic rings. The van der Waals surface area contributed by atoms with Gasteiger partial charge in [0.15, 0.2) is 0 Å². The minimum Gasteiger partial charge on any atom is -0.311 e. The van der Waals surface area contributed by atoms with Gasteiger partial charge in [0.05, 0.1) is 6.04 Å². The highest BCUT2D eigenvalue weighted by Crippen LogP contribution is 2.38. The minimum absolute atomic E-state index is 0.142. The van der Waals surface area contributed by atoms with Crippen molar-refractivity contribution in [1.29, 1.82) is 0 Å². The Hall–Kier alpha value is -0.900. The minimum atomic E-state index is 0.142. The summed E-state index contributed by atoms with van der Waals surface area (Å²) in [6, 6.07) is 9.28. The quantitative estimate of drug-likeness (QED) is 0.913. The summed E-state index contributed by atoms with van der Waals surface area (Å²) < 4.78 is 1.43. The molecule has 1 atom stereocenters. The third-order valence-corrected chi connectivity index (χ3v) is 5.72. The molecule has 0 spiro atoms. The van der Waals surface area contributed by atoms with Crippen LogP contribution >= 0.6 is 11.3 Å². The fourth-order valence-electron chi connectivity index (χ4n) is 3.61. The van der Waals surface area contributed by atoms with E-state index in [1.807, 2.05) is 11.3 Å². The standard InChI is InChI=1S/C17H24N2S/c1-17(2,19-10-4-5-11-19)16(18-3)14-8-6-7-13-9-12-20-15(13)14/h6-9,12,16,18H,4-5,10-11H2,1-3H3. The molecule has 1 fully saturated rings. The fraction of sp³-hybridized carbons (Fsp3) is 0.529. The van der Waals surface area contributed by atoms with Gasteiger partial charge in [-0.05, 0) is 69.2 Å². The number of rotatable bonds is 4. The van der Waals surface area contributed by atoms with E-state index in [1.165, 1.54) is 41.6 Å². The van der Waals surface area contributed by atoms with Crippen molar-refractivity contribution >= 4 is 21.4 Å². The first-order valence-corrected chi connectivity index (χ1v) is 8.41. The van der Waals surface area contributed by atoms with Gasteiger partial charge >= 0.3 is 0 Å². The van der Waals surface area contributed by atoms with Crippen molar-refractivity contribution < 1.29 is 0 Å². The lowest BCUT2D eigenvalue weighted by Crippen LogP contribution is -2.50. The molecule has 1 unspecified atom stereocenters. The fourth-order valence-corrected chi connectivity index (χ4v) is 4.55. The highest BCUT2D eigenvalue weighted by molar-refractivity contribution is 7.17. The molecule has 20 heavy (non-hydrogen) atoms. The monoisotopic (exact) mass is 288 g/mol. The van der Waals surface area contributed by atoms with Crippen LogP contribution in [-0.2, 0) is 0 Å². The summed E-state index contributed by atoms with van der Waals surface area (Å²) in [5, 5.41) is 7.15. The normalized spacial score (nSPS) is 18.8. The van der Waals surface area contributed by atoms with Crippen molar-refractivity contribution in [2.75, 3.05) is 20.1 Å². The molecule has 1 aromatic carbocycles. The van der Waals surface area contributed by atoms with E-state index in [2.05, 4.69) is 60.8 Å². The van der Waals surface area contributed by atoms with Crippen molar-refractivity contribution in [1.82, 2.24) is 10.2 Å². The van der Waals surface area contributed by atoms with Gasteiger partial charge in [0, 0.05) is 10.2 Å². The highest BCUT2D eigenvalue weighted by atomic mass is 32.1. The highest BCUT2D eigenvalue weighted by Gasteiger charge is 2.37. The van der Waals surface area contributed by atoms with Crippen molar-refractivity contribution in [3.63, 3.8) is 0 Å². The van der Waals surface area contributed by atoms with Crippen molar-refractivity contribution in [3.8, 4) is 0 Å². The first kappa shape index (κ1) is 14.1. The van der Waals surface area contributed by atoms with Gasteiger partial charge in [0.25, 0.3) is 0 Å². The van der Waals surface area contributed by atoms with Crippen LogP contribution < -0.4 is 5.32 Å². The molecule has 0 aliphatic carbocycles. The van der Waals surface area contributed by atoms with E-state index < -0.39 is 0 Å². The van der Waals surface area contributed by atoms with Gasteiger partial charge in [0.2, 0.25) is 0 Å². The molecule has 0 bridgehead atoms. The maximum atomic E-state index is 3.58. The van der Waals surface area contributed by atoms with Crippen molar-refractivity contribution in [3.05, 3.63) is 35.2 Å². The number of nitrogens with zero attached hydrogens (tertiary/aromatic N) is 1. The predicted molar refractivity (Wildman–Crippen MR) is 88.5 cm³/mol. The maximum absolute atomic E-state index is 3.58. The zero-order chi connectivity index (χ0) is 14.2.